The number of benzene rings is 1. The van der Waals surface area contributed by atoms with Crippen LogP contribution in [0.2, 0.25) is 0 Å². The number of H-pyrrole nitrogens is 1. The molecule has 5 aromatic heterocycles. The number of hydrogen-bond acceptors (Lipinski definition) is 9. The highest BCUT2D eigenvalue weighted by molar-refractivity contribution is 5.95. The van der Waals surface area contributed by atoms with E-state index in [-0.39, 0.29) is 0 Å². The fourth-order valence-corrected chi connectivity index (χ4v) is 5.60. The molecule has 0 aliphatic carbocycles. The van der Waals surface area contributed by atoms with Gasteiger partial charge in [-0.25, -0.2) is 15.0 Å². The van der Waals surface area contributed by atoms with Gasteiger partial charge in [-0.2, -0.15) is 0 Å². The summed E-state index contributed by atoms with van der Waals surface area (Å²) in [6.45, 7) is 9.81. The zero-order valence-corrected chi connectivity index (χ0v) is 24.4. The maximum atomic E-state index is 5.43. The van der Waals surface area contributed by atoms with Crippen LogP contribution in [0.15, 0.2) is 79.4 Å². The summed E-state index contributed by atoms with van der Waals surface area (Å²) < 4.78 is 5.43. The molecule has 0 amide bonds. The molecule has 0 bridgehead atoms. The van der Waals surface area contributed by atoms with Crippen LogP contribution in [-0.4, -0.2) is 56.2 Å². The number of aromatic nitrogens is 6. The number of anilines is 5. The van der Waals surface area contributed by atoms with Gasteiger partial charge in [0.1, 0.15) is 11.6 Å². The second-order valence-electron chi connectivity index (χ2n) is 11.0. The first-order valence-electron chi connectivity index (χ1n) is 14.6. The number of aryl methyl sites for hydroxylation is 1. The van der Waals surface area contributed by atoms with Crippen LogP contribution in [-0.2, 0) is 4.74 Å². The van der Waals surface area contributed by atoms with Crippen LogP contribution in [0, 0.1) is 12.3 Å². The van der Waals surface area contributed by atoms with Crippen molar-refractivity contribution in [2.75, 3.05) is 41.8 Å². The Hall–Kier alpha value is -5.09. The standard InChI is InChI=1S/C31H27N9O.C2H6/c1-19-10-21(6-8-32-19)36-22-11-27-30(35-14-22)39-29(38-27)20-2-5-28(34-13-20)37-26-7-9-33-25-4-3-23(12-24(25)26)40-15-31(16-40)17-41-18-31;1-2/h2-14H,15-18H2,1H3,(H,32,36)(H,33,34,37)(H,35,38,39);1-2H3. The minimum absolute atomic E-state index is 0.366. The third-order valence-corrected chi connectivity index (χ3v) is 7.78. The van der Waals surface area contributed by atoms with Crippen LogP contribution in [0.1, 0.15) is 19.5 Å². The van der Waals surface area contributed by atoms with Crippen molar-refractivity contribution in [2.24, 2.45) is 5.41 Å². The molecule has 2 aliphatic heterocycles. The number of aromatic amines is 1. The predicted octanol–water partition coefficient (Wildman–Crippen LogP) is 6.62. The van der Waals surface area contributed by atoms with Crippen LogP contribution in [0.5, 0.6) is 0 Å². The second-order valence-corrected chi connectivity index (χ2v) is 11.0. The van der Waals surface area contributed by atoms with Gasteiger partial charge in [-0.15, -0.1) is 0 Å². The molecule has 0 atom stereocenters. The summed E-state index contributed by atoms with van der Waals surface area (Å²) in [4.78, 5) is 28.5. The summed E-state index contributed by atoms with van der Waals surface area (Å²) in [6.07, 6.45) is 7.20. The van der Waals surface area contributed by atoms with Gasteiger partial charge in [0.25, 0.3) is 0 Å². The van der Waals surface area contributed by atoms with E-state index in [1.54, 1.807) is 12.4 Å². The summed E-state index contributed by atoms with van der Waals surface area (Å²) in [5, 5.41) is 7.92. The van der Waals surface area contributed by atoms with Crippen LogP contribution in [0.25, 0.3) is 33.5 Å². The van der Waals surface area contributed by atoms with Crippen molar-refractivity contribution < 1.29 is 4.74 Å². The van der Waals surface area contributed by atoms with Gasteiger partial charge in [-0.3, -0.25) is 9.97 Å². The van der Waals surface area contributed by atoms with E-state index < -0.39 is 0 Å². The van der Waals surface area contributed by atoms with E-state index in [0.717, 1.165) is 76.9 Å². The lowest BCUT2D eigenvalue weighted by Gasteiger charge is -2.56. The third kappa shape index (κ3) is 5.21. The number of ether oxygens (including phenoxy) is 1. The van der Waals surface area contributed by atoms with Gasteiger partial charge in [0.15, 0.2) is 5.65 Å². The largest absolute Gasteiger partial charge is 0.380 e. The molecule has 2 aliphatic rings. The average molecular weight is 572 g/mol. The SMILES string of the molecule is CC.Cc1cc(Nc2cnc3nc(-c4ccc(Nc5ccnc6ccc(N7CC8(COC8)C7)cc56)nc4)[nH]c3c2)ccn1. The van der Waals surface area contributed by atoms with Gasteiger partial charge >= 0.3 is 0 Å². The molecule has 1 aromatic carbocycles. The summed E-state index contributed by atoms with van der Waals surface area (Å²) in [7, 11) is 0. The zero-order valence-electron chi connectivity index (χ0n) is 24.4. The third-order valence-electron chi connectivity index (χ3n) is 7.78. The number of rotatable bonds is 6. The topological polar surface area (TPSA) is 117 Å². The van der Waals surface area contributed by atoms with E-state index >= 15 is 0 Å². The monoisotopic (exact) mass is 571 g/mol. The van der Waals surface area contributed by atoms with Crippen LogP contribution in [0.4, 0.5) is 28.6 Å². The molecule has 6 aromatic rings. The Bertz CT molecular complexity index is 1910. The molecule has 2 fully saturated rings. The molecular weight excluding hydrogens is 538 g/mol. The molecular formula is C33H33N9O. The average Bonchev–Trinajstić information content (AvgIpc) is 3.41. The number of nitrogens with one attached hydrogen (secondary N) is 3. The summed E-state index contributed by atoms with van der Waals surface area (Å²) in [6, 6.07) is 18.3. The Kier molecular flexibility index (Phi) is 6.83. The molecule has 8 rings (SSSR count). The molecule has 43 heavy (non-hydrogen) atoms. The Morgan fingerprint density at radius 3 is 2.47 bits per heavy atom. The quantitative estimate of drug-likeness (QED) is 0.203. The van der Waals surface area contributed by atoms with E-state index in [1.165, 1.54) is 5.69 Å². The van der Waals surface area contributed by atoms with Crippen molar-refractivity contribution in [2.45, 2.75) is 20.8 Å². The zero-order chi connectivity index (χ0) is 29.4. The van der Waals surface area contributed by atoms with E-state index in [1.807, 2.05) is 69.6 Å². The van der Waals surface area contributed by atoms with Crippen molar-refractivity contribution in [3.05, 3.63) is 85.1 Å². The first-order chi connectivity index (χ1) is 21.1. The smallest absolute Gasteiger partial charge is 0.178 e. The lowest BCUT2D eigenvalue weighted by atomic mass is 9.78. The number of hydrogen-bond donors (Lipinski definition) is 3. The molecule has 3 N–H and O–H groups in total. The van der Waals surface area contributed by atoms with Crippen molar-refractivity contribution >= 4 is 50.6 Å². The summed E-state index contributed by atoms with van der Waals surface area (Å²) in [5.41, 5.74) is 8.64. The Labute approximate surface area is 249 Å². The van der Waals surface area contributed by atoms with E-state index in [9.17, 15) is 0 Å². The maximum Gasteiger partial charge on any atom is 0.178 e. The number of pyridine rings is 4. The van der Waals surface area contributed by atoms with Crippen molar-refractivity contribution in [1.29, 1.82) is 0 Å². The fraction of sp³-hybridized carbons (Fsp3) is 0.242. The molecule has 10 nitrogen and oxygen atoms in total. The second kappa shape index (κ2) is 11.0. The molecule has 0 radical (unpaired) electrons. The molecule has 216 valence electrons. The number of imidazole rings is 1. The van der Waals surface area contributed by atoms with Crippen LogP contribution < -0.4 is 15.5 Å². The van der Waals surface area contributed by atoms with Gasteiger partial charge in [0.2, 0.25) is 0 Å². The summed E-state index contributed by atoms with van der Waals surface area (Å²) in [5.74, 6) is 1.46. The van der Waals surface area contributed by atoms with Gasteiger partial charge in [-0.05, 0) is 61.5 Å². The van der Waals surface area contributed by atoms with Crippen molar-refractivity contribution in [3.8, 4) is 11.4 Å². The molecule has 0 unspecified atom stereocenters. The predicted molar refractivity (Wildman–Crippen MR) is 171 cm³/mol. The number of nitrogens with zero attached hydrogens (tertiary/aromatic N) is 6. The van der Waals surface area contributed by atoms with Crippen molar-refractivity contribution in [3.63, 3.8) is 0 Å². The minimum atomic E-state index is 0.366. The Morgan fingerprint density at radius 2 is 1.70 bits per heavy atom. The van der Waals surface area contributed by atoms with Crippen LogP contribution in [0.3, 0.4) is 0 Å². The molecule has 2 saturated heterocycles. The first-order valence-corrected chi connectivity index (χ1v) is 14.6. The first kappa shape index (κ1) is 26.8. The lowest BCUT2D eigenvalue weighted by molar-refractivity contribution is -0.127. The van der Waals surface area contributed by atoms with E-state index in [4.69, 9.17) is 4.74 Å². The molecule has 0 saturated carbocycles. The van der Waals surface area contributed by atoms with Crippen molar-refractivity contribution in [1.82, 2.24) is 29.9 Å². The minimum Gasteiger partial charge on any atom is -0.380 e. The Morgan fingerprint density at radius 1 is 0.837 bits per heavy atom. The highest BCUT2D eigenvalue weighted by Crippen LogP contribution is 2.41. The van der Waals surface area contributed by atoms with E-state index in [2.05, 4.69) is 63.6 Å². The number of fused-ring (bicyclic) bond motifs is 2. The van der Waals surface area contributed by atoms with Gasteiger partial charge < -0.3 is 25.3 Å². The highest BCUT2D eigenvalue weighted by atomic mass is 16.5. The van der Waals surface area contributed by atoms with Gasteiger partial charge in [0, 0.05) is 59.7 Å². The normalized spacial score (nSPS) is 15.0. The molecule has 7 heterocycles. The summed E-state index contributed by atoms with van der Waals surface area (Å²) >= 11 is 0. The van der Waals surface area contributed by atoms with Gasteiger partial charge in [-0.1, -0.05) is 13.8 Å². The highest BCUT2D eigenvalue weighted by Gasteiger charge is 2.49. The van der Waals surface area contributed by atoms with E-state index in [0.29, 0.717) is 16.9 Å². The van der Waals surface area contributed by atoms with Gasteiger partial charge in [0.05, 0.1) is 47.2 Å². The molecule has 1 spiro atoms. The lowest BCUT2D eigenvalue weighted by Crippen LogP contribution is -2.66. The fourth-order valence-electron chi connectivity index (χ4n) is 5.60. The Balaban J connectivity index is 0.00000147. The maximum absolute atomic E-state index is 5.43. The van der Waals surface area contributed by atoms with Crippen LogP contribution >= 0.6 is 0 Å². The molecule has 10 heteroatoms.